The molecule has 0 rings (SSSR count). The summed E-state index contributed by atoms with van der Waals surface area (Å²) in [6, 6.07) is 0. The van der Waals surface area contributed by atoms with Crippen molar-refractivity contribution in [2.24, 2.45) is 5.84 Å². The van der Waals surface area contributed by atoms with Crippen molar-refractivity contribution in [3.05, 3.63) is 0 Å². The summed E-state index contributed by atoms with van der Waals surface area (Å²) in [6.45, 7) is 2.09. The van der Waals surface area contributed by atoms with Crippen molar-refractivity contribution in [2.45, 2.75) is 38.9 Å². The third-order valence-electron chi connectivity index (χ3n) is 1.24. The van der Waals surface area contributed by atoms with Crippen LogP contribution in [0.15, 0.2) is 0 Å². The molecule has 0 aliphatic heterocycles. The second-order valence-corrected chi connectivity index (χ2v) is 2.13. The second-order valence-electron chi connectivity index (χ2n) is 2.13. The van der Waals surface area contributed by atoms with Crippen molar-refractivity contribution < 1.29 is 4.39 Å². The highest BCUT2D eigenvalue weighted by molar-refractivity contribution is 4.47. The van der Waals surface area contributed by atoms with Gasteiger partial charge in [0.15, 0.2) is 6.30 Å². The number of nitrogens with one attached hydrogen (secondary N) is 1. The molecule has 0 aliphatic carbocycles. The zero-order chi connectivity index (χ0) is 7.11. The molecule has 0 aliphatic rings. The van der Waals surface area contributed by atoms with Gasteiger partial charge in [0.25, 0.3) is 0 Å². The molecule has 2 nitrogen and oxygen atoms in total. The SMILES string of the molecule is CCCCCC(F)NN. The highest BCUT2D eigenvalue weighted by Gasteiger charge is 1.99. The summed E-state index contributed by atoms with van der Waals surface area (Å²) in [5.74, 6) is 4.83. The Labute approximate surface area is 55.6 Å². The topological polar surface area (TPSA) is 38.0 Å². The van der Waals surface area contributed by atoms with Gasteiger partial charge in [0.05, 0.1) is 0 Å². The summed E-state index contributed by atoms with van der Waals surface area (Å²) >= 11 is 0. The second kappa shape index (κ2) is 5.98. The van der Waals surface area contributed by atoms with Crippen LogP contribution in [0.25, 0.3) is 0 Å². The lowest BCUT2D eigenvalue weighted by molar-refractivity contribution is 0.254. The monoisotopic (exact) mass is 134 g/mol. The van der Waals surface area contributed by atoms with E-state index in [2.05, 4.69) is 12.3 Å². The molecule has 0 aromatic rings. The van der Waals surface area contributed by atoms with Crippen LogP contribution in [0.4, 0.5) is 4.39 Å². The van der Waals surface area contributed by atoms with Crippen LogP contribution >= 0.6 is 0 Å². The van der Waals surface area contributed by atoms with Crippen LogP contribution in [0, 0.1) is 0 Å². The van der Waals surface area contributed by atoms with Crippen molar-refractivity contribution >= 4 is 0 Å². The molecule has 3 heteroatoms. The minimum absolute atomic E-state index is 0.532. The molecule has 0 bridgehead atoms. The van der Waals surface area contributed by atoms with Crippen molar-refractivity contribution in [2.75, 3.05) is 0 Å². The van der Waals surface area contributed by atoms with E-state index in [1.165, 1.54) is 0 Å². The molecule has 0 saturated carbocycles. The molecule has 0 heterocycles. The number of rotatable bonds is 5. The molecule has 0 aromatic heterocycles. The highest BCUT2D eigenvalue weighted by Crippen LogP contribution is 2.02. The smallest absolute Gasteiger partial charge is 0.163 e. The van der Waals surface area contributed by atoms with Crippen LogP contribution in [0.1, 0.15) is 32.6 Å². The molecule has 0 saturated heterocycles. The quantitative estimate of drug-likeness (QED) is 0.257. The van der Waals surface area contributed by atoms with E-state index in [1.54, 1.807) is 0 Å². The summed E-state index contributed by atoms with van der Waals surface area (Å²) < 4.78 is 12.2. The van der Waals surface area contributed by atoms with Gasteiger partial charge in [-0.2, -0.15) is 0 Å². The Morgan fingerprint density at radius 2 is 2.22 bits per heavy atom. The van der Waals surface area contributed by atoms with Crippen molar-refractivity contribution in [1.29, 1.82) is 0 Å². The first-order chi connectivity index (χ1) is 4.31. The van der Waals surface area contributed by atoms with Crippen LogP contribution in [-0.4, -0.2) is 6.30 Å². The van der Waals surface area contributed by atoms with E-state index in [0.29, 0.717) is 6.42 Å². The number of hydrazine groups is 1. The minimum atomic E-state index is -1.02. The predicted molar refractivity (Wildman–Crippen MR) is 36.4 cm³/mol. The van der Waals surface area contributed by atoms with Crippen molar-refractivity contribution in [3.8, 4) is 0 Å². The molecule has 0 spiro atoms. The number of hydrogen-bond acceptors (Lipinski definition) is 2. The zero-order valence-electron chi connectivity index (χ0n) is 5.86. The number of hydrogen-bond donors (Lipinski definition) is 2. The van der Waals surface area contributed by atoms with E-state index in [-0.39, 0.29) is 0 Å². The first-order valence-electron chi connectivity index (χ1n) is 3.41. The van der Waals surface area contributed by atoms with E-state index < -0.39 is 6.30 Å². The maximum atomic E-state index is 12.2. The summed E-state index contributed by atoms with van der Waals surface area (Å²) in [5, 5.41) is 0. The largest absolute Gasteiger partial charge is 0.269 e. The Morgan fingerprint density at radius 3 is 2.67 bits per heavy atom. The Morgan fingerprint density at radius 1 is 1.56 bits per heavy atom. The first-order valence-corrected chi connectivity index (χ1v) is 3.41. The van der Waals surface area contributed by atoms with Gasteiger partial charge in [-0.05, 0) is 12.8 Å². The van der Waals surface area contributed by atoms with E-state index in [4.69, 9.17) is 5.84 Å². The average molecular weight is 134 g/mol. The Kier molecular flexibility index (Phi) is 5.88. The Hall–Kier alpha value is -0.150. The fourth-order valence-electron chi connectivity index (χ4n) is 0.657. The van der Waals surface area contributed by atoms with Crippen molar-refractivity contribution in [1.82, 2.24) is 5.43 Å². The summed E-state index contributed by atoms with van der Waals surface area (Å²) in [4.78, 5) is 0. The highest BCUT2D eigenvalue weighted by atomic mass is 19.1. The van der Waals surface area contributed by atoms with Gasteiger partial charge >= 0.3 is 0 Å². The normalized spacial score (nSPS) is 13.7. The van der Waals surface area contributed by atoms with Crippen LogP contribution in [0.3, 0.4) is 0 Å². The predicted octanol–water partition coefficient (Wildman–Crippen LogP) is 1.33. The summed E-state index contributed by atoms with van der Waals surface area (Å²) in [5.41, 5.74) is 2.06. The fourth-order valence-corrected chi connectivity index (χ4v) is 0.657. The fraction of sp³-hybridized carbons (Fsp3) is 1.00. The third-order valence-corrected chi connectivity index (χ3v) is 1.24. The number of alkyl halides is 1. The lowest BCUT2D eigenvalue weighted by Crippen LogP contribution is -2.31. The first kappa shape index (κ1) is 8.85. The molecule has 1 unspecified atom stereocenters. The van der Waals surface area contributed by atoms with Gasteiger partial charge in [-0.15, -0.1) is 0 Å². The molecule has 0 amide bonds. The molecule has 0 fully saturated rings. The zero-order valence-corrected chi connectivity index (χ0v) is 5.86. The van der Waals surface area contributed by atoms with Crippen LogP contribution in [0.5, 0.6) is 0 Å². The molecular weight excluding hydrogens is 119 g/mol. The lowest BCUT2D eigenvalue weighted by Gasteiger charge is -2.03. The van der Waals surface area contributed by atoms with Crippen molar-refractivity contribution in [3.63, 3.8) is 0 Å². The molecule has 3 N–H and O–H groups in total. The number of halogens is 1. The van der Waals surface area contributed by atoms with Crippen LogP contribution < -0.4 is 11.3 Å². The van der Waals surface area contributed by atoms with Crippen LogP contribution in [-0.2, 0) is 0 Å². The van der Waals surface area contributed by atoms with Gasteiger partial charge in [0.2, 0.25) is 0 Å². The number of nitrogens with two attached hydrogens (primary N) is 1. The summed E-state index contributed by atoms with van der Waals surface area (Å²) in [6.07, 6.45) is 2.64. The molecule has 0 aromatic carbocycles. The minimum Gasteiger partial charge on any atom is -0.269 e. The standard InChI is InChI=1S/C6H15FN2/c1-2-3-4-5-6(7)9-8/h6,9H,2-5,8H2,1H3. The van der Waals surface area contributed by atoms with E-state index in [1.807, 2.05) is 0 Å². The lowest BCUT2D eigenvalue weighted by atomic mass is 10.2. The van der Waals surface area contributed by atoms with E-state index in [0.717, 1.165) is 19.3 Å². The van der Waals surface area contributed by atoms with Gasteiger partial charge in [0, 0.05) is 0 Å². The molecule has 56 valence electrons. The van der Waals surface area contributed by atoms with Gasteiger partial charge in [-0.3, -0.25) is 5.84 Å². The number of unbranched alkanes of at least 4 members (excludes halogenated alkanes) is 2. The Bertz CT molecular complexity index is 59.0. The van der Waals surface area contributed by atoms with Gasteiger partial charge < -0.3 is 0 Å². The Balaban J connectivity index is 2.88. The van der Waals surface area contributed by atoms with E-state index >= 15 is 0 Å². The molecular formula is C6H15FN2. The molecule has 1 atom stereocenters. The van der Waals surface area contributed by atoms with E-state index in [9.17, 15) is 4.39 Å². The summed E-state index contributed by atoms with van der Waals surface area (Å²) in [7, 11) is 0. The maximum Gasteiger partial charge on any atom is 0.163 e. The van der Waals surface area contributed by atoms with Gasteiger partial charge in [0.1, 0.15) is 0 Å². The third kappa shape index (κ3) is 5.73. The molecule has 9 heavy (non-hydrogen) atoms. The average Bonchev–Trinajstić information content (AvgIpc) is 1.89. The maximum absolute atomic E-state index is 12.2. The van der Waals surface area contributed by atoms with Crippen LogP contribution in [0.2, 0.25) is 0 Å². The molecule has 0 radical (unpaired) electrons. The van der Waals surface area contributed by atoms with Gasteiger partial charge in [-0.25, -0.2) is 9.82 Å². The van der Waals surface area contributed by atoms with Gasteiger partial charge in [-0.1, -0.05) is 19.8 Å².